The Bertz CT molecular complexity index is 123. The van der Waals surface area contributed by atoms with Crippen LogP contribution in [0.3, 0.4) is 0 Å². The molecule has 0 aromatic carbocycles. The van der Waals surface area contributed by atoms with E-state index in [0.717, 1.165) is 0 Å². The molecule has 0 spiro atoms. The van der Waals surface area contributed by atoms with Crippen molar-refractivity contribution in [3.05, 3.63) is 0 Å². The summed E-state index contributed by atoms with van der Waals surface area (Å²) in [5.41, 5.74) is 0. The van der Waals surface area contributed by atoms with Crippen LogP contribution >= 0.6 is 0 Å². The van der Waals surface area contributed by atoms with E-state index in [4.69, 9.17) is 0 Å². The lowest BCUT2D eigenvalue weighted by Crippen LogP contribution is -2.32. The van der Waals surface area contributed by atoms with E-state index in [-0.39, 0.29) is 6.61 Å². The highest BCUT2D eigenvalue weighted by Crippen LogP contribution is 1.65. The Morgan fingerprint density at radius 3 is 2.56 bits per heavy atom. The molecule has 0 saturated heterocycles. The predicted octanol–water partition coefficient (Wildman–Crippen LogP) is -1.46. The minimum absolute atomic E-state index is 0.292. The van der Waals surface area contributed by atoms with E-state index in [1.54, 1.807) is 0 Å². The van der Waals surface area contributed by atoms with Crippen molar-refractivity contribution in [1.29, 1.82) is 0 Å². The molecule has 3 N–H and O–H groups in total. The van der Waals surface area contributed by atoms with Gasteiger partial charge in [0.1, 0.15) is 6.61 Å². The number of carbonyl (C=O) groups is 2. The van der Waals surface area contributed by atoms with Gasteiger partial charge in [0.15, 0.2) is 0 Å². The molecule has 0 saturated carbocycles. The minimum atomic E-state index is -0.537. The Labute approximate surface area is 52.1 Å². The van der Waals surface area contributed by atoms with Crippen LogP contribution in [0.2, 0.25) is 0 Å². The molecule has 0 radical (unpaired) electrons. The fraction of sp³-hybridized carbons (Fsp3) is 0.500. The molecule has 0 aromatic heterocycles. The van der Waals surface area contributed by atoms with Gasteiger partial charge in [-0.05, 0) is 0 Å². The van der Waals surface area contributed by atoms with Crippen molar-refractivity contribution in [3.8, 4) is 0 Å². The molecule has 0 heterocycles. The number of carbonyl (C=O) groups excluding carboxylic acids is 2. The standard InChI is InChI=1S/C4H8N2O3/c1-3(7)6-4(8)2-9-5/h2,5H2,1H3,(H,6,7,8). The van der Waals surface area contributed by atoms with Crippen LogP contribution in [0, 0.1) is 0 Å². The van der Waals surface area contributed by atoms with Gasteiger partial charge in [0, 0.05) is 6.92 Å². The molecule has 0 rings (SSSR count). The lowest BCUT2D eigenvalue weighted by atomic mass is 10.6. The lowest BCUT2D eigenvalue weighted by Gasteiger charge is -1.96. The van der Waals surface area contributed by atoms with E-state index in [2.05, 4.69) is 10.7 Å². The summed E-state index contributed by atoms with van der Waals surface area (Å²) in [4.78, 5) is 24.4. The summed E-state index contributed by atoms with van der Waals surface area (Å²) in [6.45, 7) is 0.938. The molecule has 52 valence electrons. The molecule has 0 aromatic rings. The summed E-state index contributed by atoms with van der Waals surface area (Å²) in [5.74, 6) is 3.58. The van der Waals surface area contributed by atoms with Crippen LogP contribution in [0.4, 0.5) is 0 Å². The predicted molar refractivity (Wildman–Crippen MR) is 29.0 cm³/mol. The van der Waals surface area contributed by atoms with Crippen molar-refractivity contribution in [3.63, 3.8) is 0 Å². The maximum Gasteiger partial charge on any atom is 0.254 e. The summed E-state index contributed by atoms with van der Waals surface area (Å²) in [6.07, 6.45) is 0. The summed E-state index contributed by atoms with van der Waals surface area (Å²) in [7, 11) is 0. The lowest BCUT2D eigenvalue weighted by molar-refractivity contribution is -0.132. The smallest absolute Gasteiger partial charge is 0.254 e. The fourth-order valence-corrected chi connectivity index (χ4v) is 0.308. The Hall–Kier alpha value is -0.940. The van der Waals surface area contributed by atoms with Crippen molar-refractivity contribution in [2.45, 2.75) is 6.92 Å². The largest absolute Gasteiger partial charge is 0.295 e. The van der Waals surface area contributed by atoms with Gasteiger partial charge in [0.2, 0.25) is 5.91 Å². The fourth-order valence-electron chi connectivity index (χ4n) is 0.308. The maximum absolute atomic E-state index is 10.3. The summed E-state index contributed by atoms with van der Waals surface area (Å²) < 4.78 is 0. The van der Waals surface area contributed by atoms with Crippen LogP contribution in [-0.2, 0) is 14.4 Å². The summed E-state index contributed by atoms with van der Waals surface area (Å²) >= 11 is 0. The summed E-state index contributed by atoms with van der Waals surface area (Å²) in [6, 6.07) is 0. The Morgan fingerprint density at radius 1 is 1.67 bits per heavy atom. The minimum Gasteiger partial charge on any atom is -0.295 e. The van der Waals surface area contributed by atoms with E-state index in [1.807, 2.05) is 5.32 Å². The average molecular weight is 132 g/mol. The first kappa shape index (κ1) is 8.06. The van der Waals surface area contributed by atoms with Crippen LogP contribution < -0.4 is 11.2 Å². The second-order valence-electron chi connectivity index (χ2n) is 1.42. The van der Waals surface area contributed by atoms with Gasteiger partial charge in [-0.2, -0.15) is 0 Å². The number of nitrogens with one attached hydrogen (secondary N) is 1. The Balaban J connectivity index is 3.39. The van der Waals surface area contributed by atoms with Gasteiger partial charge in [-0.3, -0.25) is 19.7 Å². The van der Waals surface area contributed by atoms with Crippen molar-refractivity contribution in [2.24, 2.45) is 5.90 Å². The zero-order chi connectivity index (χ0) is 7.28. The summed E-state index contributed by atoms with van der Waals surface area (Å²) in [5, 5.41) is 1.96. The molecule has 0 unspecified atom stereocenters. The van der Waals surface area contributed by atoms with Gasteiger partial charge >= 0.3 is 0 Å². The average Bonchev–Trinajstić information content (AvgIpc) is 1.63. The third kappa shape index (κ3) is 4.92. The number of amides is 2. The van der Waals surface area contributed by atoms with Crippen LogP contribution in [0.15, 0.2) is 0 Å². The molecule has 0 aliphatic rings. The Kier molecular flexibility index (Phi) is 3.57. The molecular weight excluding hydrogens is 124 g/mol. The molecule has 0 bridgehead atoms. The zero-order valence-corrected chi connectivity index (χ0v) is 5.01. The molecule has 5 nitrogen and oxygen atoms in total. The number of nitrogens with two attached hydrogens (primary N) is 1. The second-order valence-corrected chi connectivity index (χ2v) is 1.42. The van der Waals surface area contributed by atoms with Gasteiger partial charge in [0.25, 0.3) is 5.91 Å². The molecular formula is C4H8N2O3. The molecule has 2 amide bonds. The van der Waals surface area contributed by atoms with E-state index >= 15 is 0 Å². The van der Waals surface area contributed by atoms with Gasteiger partial charge in [-0.25, -0.2) is 5.90 Å². The number of hydrogen-bond acceptors (Lipinski definition) is 4. The van der Waals surface area contributed by atoms with Gasteiger partial charge < -0.3 is 0 Å². The molecule has 0 atom stereocenters. The second kappa shape index (κ2) is 3.99. The van der Waals surface area contributed by atoms with Crippen LogP contribution in [0.5, 0.6) is 0 Å². The molecule has 9 heavy (non-hydrogen) atoms. The normalized spacial score (nSPS) is 8.67. The first-order chi connectivity index (χ1) is 4.16. The third-order valence-corrected chi connectivity index (χ3v) is 0.530. The van der Waals surface area contributed by atoms with E-state index in [1.165, 1.54) is 6.92 Å². The van der Waals surface area contributed by atoms with Crippen LogP contribution in [0.25, 0.3) is 0 Å². The van der Waals surface area contributed by atoms with Crippen LogP contribution in [-0.4, -0.2) is 18.4 Å². The van der Waals surface area contributed by atoms with Crippen molar-refractivity contribution in [2.75, 3.05) is 6.61 Å². The topological polar surface area (TPSA) is 81.4 Å². The van der Waals surface area contributed by atoms with Gasteiger partial charge in [0.05, 0.1) is 0 Å². The monoisotopic (exact) mass is 132 g/mol. The highest BCUT2D eigenvalue weighted by atomic mass is 16.6. The quantitative estimate of drug-likeness (QED) is 0.450. The van der Waals surface area contributed by atoms with E-state index in [0.29, 0.717) is 0 Å². The van der Waals surface area contributed by atoms with Crippen molar-refractivity contribution in [1.82, 2.24) is 5.32 Å². The molecule has 0 fully saturated rings. The van der Waals surface area contributed by atoms with Crippen molar-refractivity contribution >= 4 is 11.8 Å². The highest BCUT2D eigenvalue weighted by molar-refractivity contribution is 5.94. The molecule has 0 aliphatic carbocycles. The Morgan fingerprint density at radius 2 is 2.22 bits per heavy atom. The van der Waals surface area contributed by atoms with Gasteiger partial charge in [-0.1, -0.05) is 0 Å². The van der Waals surface area contributed by atoms with E-state index in [9.17, 15) is 9.59 Å². The third-order valence-electron chi connectivity index (χ3n) is 0.530. The first-order valence-electron chi connectivity index (χ1n) is 2.29. The van der Waals surface area contributed by atoms with Gasteiger partial charge in [-0.15, -0.1) is 0 Å². The number of imide groups is 1. The highest BCUT2D eigenvalue weighted by Gasteiger charge is 2.00. The van der Waals surface area contributed by atoms with Crippen molar-refractivity contribution < 1.29 is 14.4 Å². The van der Waals surface area contributed by atoms with Crippen LogP contribution in [0.1, 0.15) is 6.92 Å². The number of hydrogen-bond donors (Lipinski definition) is 2. The molecule has 5 heteroatoms. The van der Waals surface area contributed by atoms with E-state index < -0.39 is 11.8 Å². The SMILES string of the molecule is CC(=O)NC(=O)CON. The number of rotatable bonds is 2. The zero-order valence-electron chi connectivity index (χ0n) is 5.01. The maximum atomic E-state index is 10.3. The molecule has 0 aliphatic heterocycles. The first-order valence-corrected chi connectivity index (χ1v) is 2.29.